The molecule has 0 bridgehead atoms. The van der Waals surface area contributed by atoms with Crippen molar-refractivity contribution in [1.29, 1.82) is 0 Å². The van der Waals surface area contributed by atoms with Gasteiger partial charge in [0.1, 0.15) is 5.82 Å². The van der Waals surface area contributed by atoms with Gasteiger partial charge in [-0.25, -0.2) is 8.78 Å². The third-order valence-corrected chi connectivity index (χ3v) is 3.85. The van der Waals surface area contributed by atoms with Crippen molar-refractivity contribution in [2.75, 3.05) is 14.2 Å². The molecule has 0 aliphatic carbocycles. The van der Waals surface area contributed by atoms with Crippen molar-refractivity contribution >= 4 is 15.9 Å². The minimum atomic E-state index is -0.412. The van der Waals surface area contributed by atoms with Crippen LogP contribution in [0.5, 0.6) is 5.75 Å². The monoisotopic (exact) mass is 355 g/mol. The number of ether oxygens (including phenoxy) is 1. The Bertz CT molecular complexity index is 634. The molecule has 112 valence electrons. The van der Waals surface area contributed by atoms with Gasteiger partial charge in [0.15, 0.2) is 11.6 Å². The van der Waals surface area contributed by atoms with E-state index in [1.807, 2.05) is 0 Å². The Morgan fingerprint density at radius 3 is 2.52 bits per heavy atom. The fourth-order valence-corrected chi connectivity index (χ4v) is 2.61. The zero-order valence-corrected chi connectivity index (χ0v) is 13.4. The molecule has 0 spiro atoms. The molecular formula is C16H16BrF2NO. The zero-order chi connectivity index (χ0) is 15.4. The third-order valence-electron chi connectivity index (χ3n) is 3.36. The molecule has 0 radical (unpaired) electrons. The first-order valence-corrected chi connectivity index (χ1v) is 7.29. The molecule has 2 nitrogen and oxygen atoms in total. The van der Waals surface area contributed by atoms with Crippen LogP contribution in [0.2, 0.25) is 0 Å². The van der Waals surface area contributed by atoms with Crippen molar-refractivity contribution in [3.8, 4) is 5.75 Å². The molecule has 0 aromatic heterocycles. The van der Waals surface area contributed by atoms with Crippen LogP contribution in [0.25, 0.3) is 0 Å². The lowest BCUT2D eigenvalue weighted by atomic mass is 9.98. The Labute approximate surface area is 131 Å². The number of hydrogen-bond donors (Lipinski definition) is 1. The molecule has 0 amide bonds. The Morgan fingerprint density at radius 1 is 1.14 bits per heavy atom. The van der Waals surface area contributed by atoms with E-state index in [2.05, 4.69) is 21.2 Å². The summed E-state index contributed by atoms with van der Waals surface area (Å²) in [6, 6.07) is 9.37. The first-order valence-electron chi connectivity index (χ1n) is 6.49. The topological polar surface area (TPSA) is 21.3 Å². The van der Waals surface area contributed by atoms with Crippen molar-refractivity contribution in [1.82, 2.24) is 5.32 Å². The van der Waals surface area contributed by atoms with Crippen LogP contribution in [0.15, 0.2) is 40.9 Å². The summed E-state index contributed by atoms with van der Waals surface area (Å²) < 4.78 is 33.1. The lowest BCUT2D eigenvalue weighted by molar-refractivity contribution is 0.385. The predicted octanol–water partition coefficient (Wildman–Crippen LogP) is 4.24. The van der Waals surface area contributed by atoms with E-state index in [1.165, 1.54) is 19.2 Å². The molecule has 5 heteroatoms. The summed E-state index contributed by atoms with van der Waals surface area (Å²) in [5.41, 5.74) is 1.43. The van der Waals surface area contributed by atoms with Crippen LogP contribution >= 0.6 is 15.9 Å². The van der Waals surface area contributed by atoms with Crippen LogP contribution in [0.3, 0.4) is 0 Å². The molecule has 2 rings (SSSR count). The number of likely N-dealkylation sites (N-methyl/N-ethyl adjacent to an activating group) is 1. The van der Waals surface area contributed by atoms with Gasteiger partial charge in [-0.05, 0) is 54.9 Å². The SMILES string of the molecule is CNC(Cc1cc(Br)ccc1F)c1ccc(F)c(OC)c1. The Kier molecular flexibility index (Phi) is 5.31. The van der Waals surface area contributed by atoms with E-state index >= 15 is 0 Å². The second kappa shape index (κ2) is 7.00. The molecule has 0 heterocycles. The van der Waals surface area contributed by atoms with Crippen molar-refractivity contribution in [3.05, 3.63) is 63.6 Å². The van der Waals surface area contributed by atoms with E-state index in [0.717, 1.165) is 10.0 Å². The van der Waals surface area contributed by atoms with E-state index in [1.54, 1.807) is 31.3 Å². The number of benzene rings is 2. The number of nitrogens with one attached hydrogen (secondary N) is 1. The van der Waals surface area contributed by atoms with Crippen molar-refractivity contribution in [2.45, 2.75) is 12.5 Å². The lowest BCUT2D eigenvalue weighted by Gasteiger charge is -2.18. The molecule has 0 aliphatic heterocycles. The van der Waals surface area contributed by atoms with Crippen LogP contribution in [0.1, 0.15) is 17.2 Å². The van der Waals surface area contributed by atoms with Crippen LogP contribution in [-0.4, -0.2) is 14.2 Å². The lowest BCUT2D eigenvalue weighted by Crippen LogP contribution is -2.19. The van der Waals surface area contributed by atoms with Crippen molar-refractivity contribution in [2.24, 2.45) is 0 Å². The van der Waals surface area contributed by atoms with Crippen LogP contribution < -0.4 is 10.1 Å². The average Bonchev–Trinajstić information content (AvgIpc) is 2.49. The molecule has 0 aliphatic rings. The highest BCUT2D eigenvalue weighted by Crippen LogP contribution is 2.26. The van der Waals surface area contributed by atoms with Crippen LogP contribution in [0, 0.1) is 11.6 Å². The van der Waals surface area contributed by atoms with Gasteiger partial charge >= 0.3 is 0 Å². The maximum absolute atomic E-state index is 13.9. The molecule has 21 heavy (non-hydrogen) atoms. The minimum Gasteiger partial charge on any atom is -0.494 e. The van der Waals surface area contributed by atoms with Gasteiger partial charge in [0.05, 0.1) is 7.11 Å². The number of halogens is 3. The van der Waals surface area contributed by atoms with Gasteiger partial charge in [-0.15, -0.1) is 0 Å². The fraction of sp³-hybridized carbons (Fsp3) is 0.250. The van der Waals surface area contributed by atoms with Crippen molar-refractivity contribution < 1.29 is 13.5 Å². The van der Waals surface area contributed by atoms with E-state index in [0.29, 0.717) is 12.0 Å². The van der Waals surface area contributed by atoms with Gasteiger partial charge in [-0.1, -0.05) is 22.0 Å². The second-order valence-electron chi connectivity index (χ2n) is 4.68. The molecule has 0 fully saturated rings. The summed E-state index contributed by atoms with van der Waals surface area (Å²) in [5.74, 6) is -0.486. The van der Waals surface area contributed by atoms with Gasteiger partial charge < -0.3 is 10.1 Å². The highest BCUT2D eigenvalue weighted by atomic mass is 79.9. The van der Waals surface area contributed by atoms with Gasteiger partial charge in [0, 0.05) is 10.5 Å². The summed E-state index contributed by atoms with van der Waals surface area (Å²) in [7, 11) is 3.21. The van der Waals surface area contributed by atoms with Gasteiger partial charge in [-0.3, -0.25) is 0 Å². The van der Waals surface area contributed by atoms with E-state index in [4.69, 9.17) is 4.74 Å². The first-order chi connectivity index (χ1) is 10.0. The quantitative estimate of drug-likeness (QED) is 0.865. The zero-order valence-electron chi connectivity index (χ0n) is 11.8. The summed E-state index contributed by atoms with van der Waals surface area (Å²) in [5, 5.41) is 3.12. The van der Waals surface area contributed by atoms with E-state index in [9.17, 15) is 8.78 Å². The highest BCUT2D eigenvalue weighted by molar-refractivity contribution is 9.10. The molecule has 0 saturated carbocycles. The van der Waals surface area contributed by atoms with Crippen LogP contribution in [0.4, 0.5) is 8.78 Å². The largest absolute Gasteiger partial charge is 0.494 e. The van der Waals surface area contributed by atoms with Crippen molar-refractivity contribution in [3.63, 3.8) is 0 Å². The normalized spacial score (nSPS) is 12.2. The number of hydrogen-bond acceptors (Lipinski definition) is 2. The molecule has 2 aromatic rings. The molecule has 1 atom stereocenters. The first kappa shape index (κ1) is 15.9. The Hall–Kier alpha value is -1.46. The maximum atomic E-state index is 13.9. The molecule has 2 aromatic carbocycles. The number of methoxy groups -OCH3 is 1. The average molecular weight is 356 g/mol. The molecule has 1 unspecified atom stereocenters. The Balaban J connectivity index is 2.29. The van der Waals surface area contributed by atoms with E-state index in [-0.39, 0.29) is 17.6 Å². The fourth-order valence-electron chi connectivity index (χ4n) is 2.20. The summed E-state index contributed by atoms with van der Waals surface area (Å²) in [6.45, 7) is 0. The third kappa shape index (κ3) is 3.80. The predicted molar refractivity (Wildman–Crippen MR) is 82.6 cm³/mol. The maximum Gasteiger partial charge on any atom is 0.165 e. The van der Waals surface area contributed by atoms with Gasteiger partial charge in [0.2, 0.25) is 0 Å². The number of rotatable bonds is 5. The van der Waals surface area contributed by atoms with Gasteiger partial charge in [0.25, 0.3) is 0 Å². The smallest absolute Gasteiger partial charge is 0.165 e. The second-order valence-corrected chi connectivity index (χ2v) is 5.59. The molecule has 1 N–H and O–H groups in total. The van der Waals surface area contributed by atoms with Crippen LogP contribution in [-0.2, 0) is 6.42 Å². The van der Waals surface area contributed by atoms with E-state index < -0.39 is 5.82 Å². The summed E-state index contributed by atoms with van der Waals surface area (Å²) in [4.78, 5) is 0. The minimum absolute atomic E-state index is 0.136. The standard InChI is InChI=1S/C16H16BrF2NO/c1-20-15(8-11-7-12(17)4-6-13(11)18)10-3-5-14(19)16(9-10)21-2/h3-7,9,15,20H,8H2,1-2H3. The molecular weight excluding hydrogens is 340 g/mol. The highest BCUT2D eigenvalue weighted by Gasteiger charge is 2.15. The van der Waals surface area contributed by atoms with Gasteiger partial charge in [-0.2, -0.15) is 0 Å². The molecule has 0 saturated heterocycles. The summed E-state index contributed by atoms with van der Waals surface area (Å²) >= 11 is 3.34. The Morgan fingerprint density at radius 2 is 1.86 bits per heavy atom. The summed E-state index contributed by atoms with van der Waals surface area (Å²) in [6.07, 6.45) is 0.455.